The number of nitrogens with two attached hydrogens (primary N) is 1. The number of amides is 1. The van der Waals surface area contributed by atoms with Crippen LogP contribution in [0.5, 0.6) is 0 Å². The molecule has 0 aliphatic carbocycles. The van der Waals surface area contributed by atoms with Crippen LogP contribution < -0.4 is 5.73 Å². The molecule has 0 spiro atoms. The Bertz CT molecular complexity index is 171. The van der Waals surface area contributed by atoms with Crippen molar-refractivity contribution in [2.45, 2.75) is 32.6 Å². The predicted octanol–water partition coefficient (Wildman–Crippen LogP) is 2.16. The van der Waals surface area contributed by atoms with Crippen molar-refractivity contribution in [1.29, 1.82) is 0 Å². The van der Waals surface area contributed by atoms with Gasteiger partial charge in [-0.15, -0.1) is 0 Å². The maximum Gasteiger partial charge on any atom is 0.241 e. The summed E-state index contributed by atoms with van der Waals surface area (Å²) < 4.78 is 0. The van der Waals surface area contributed by atoms with Crippen LogP contribution in [0.2, 0.25) is 0 Å². The van der Waals surface area contributed by atoms with Crippen LogP contribution in [0.4, 0.5) is 0 Å². The van der Waals surface area contributed by atoms with E-state index in [9.17, 15) is 4.79 Å². The molecule has 0 aliphatic rings. The molecule has 0 rings (SSSR count). The van der Waals surface area contributed by atoms with Crippen LogP contribution in [0.3, 0.4) is 0 Å². The summed E-state index contributed by atoms with van der Waals surface area (Å²) in [4.78, 5) is 10.2. The molecule has 2 nitrogen and oxygen atoms in total. The standard InChI is InChI=1S/C10H17NO/c1-2-3-4-5-6-7-8-9-10(11)12/h6-9H,2-5H2,1H3,(H2,11,12). The Hall–Kier alpha value is -1.05. The molecule has 0 atom stereocenters. The molecule has 0 aliphatic heterocycles. The van der Waals surface area contributed by atoms with E-state index in [1.54, 1.807) is 6.08 Å². The minimum atomic E-state index is -0.395. The first-order valence-corrected chi connectivity index (χ1v) is 4.40. The Labute approximate surface area is 74.1 Å². The number of hydrogen-bond donors (Lipinski definition) is 1. The van der Waals surface area contributed by atoms with Crippen LogP contribution >= 0.6 is 0 Å². The highest BCUT2D eigenvalue weighted by atomic mass is 16.1. The smallest absolute Gasteiger partial charge is 0.241 e. The van der Waals surface area contributed by atoms with E-state index in [0.717, 1.165) is 6.42 Å². The minimum absolute atomic E-state index is 0.395. The average molecular weight is 167 g/mol. The summed E-state index contributed by atoms with van der Waals surface area (Å²) in [7, 11) is 0. The number of hydrogen-bond acceptors (Lipinski definition) is 1. The topological polar surface area (TPSA) is 43.1 Å². The lowest BCUT2D eigenvalue weighted by molar-refractivity contribution is -0.113. The van der Waals surface area contributed by atoms with E-state index in [2.05, 4.69) is 13.0 Å². The average Bonchev–Trinajstić information content (AvgIpc) is 2.02. The van der Waals surface area contributed by atoms with Gasteiger partial charge in [0.25, 0.3) is 0 Å². The van der Waals surface area contributed by atoms with Gasteiger partial charge in [0.15, 0.2) is 0 Å². The molecule has 0 saturated carbocycles. The third-order valence-corrected chi connectivity index (χ3v) is 1.48. The van der Waals surface area contributed by atoms with Crippen LogP contribution in [0, 0.1) is 0 Å². The van der Waals surface area contributed by atoms with Crippen LogP contribution in [0.15, 0.2) is 24.3 Å². The molecule has 0 aromatic rings. The molecule has 0 unspecified atom stereocenters. The molecule has 1 amide bonds. The number of primary amides is 1. The Balaban J connectivity index is 3.31. The van der Waals surface area contributed by atoms with Crippen LogP contribution in [0.25, 0.3) is 0 Å². The lowest BCUT2D eigenvalue weighted by atomic mass is 10.2. The highest BCUT2D eigenvalue weighted by Crippen LogP contribution is 1.99. The zero-order chi connectivity index (χ0) is 9.23. The molecule has 0 saturated heterocycles. The second-order valence-corrected chi connectivity index (χ2v) is 2.69. The largest absolute Gasteiger partial charge is 0.366 e. The fraction of sp³-hybridized carbons (Fsp3) is 0.500. The van der Waals surface area contributed by atoms with Crippen molar-refractivity contribution in [3.63, 3.8) is 0 Å². The monoisotopic (exact) mass is 167 g/mol. The van der Waals surface area contributed by atoms with Gasteiger partial charge in [-0.1, -0.05) is 38.0 Å². The Morgan fingerprint density at radius 1 is 1.33 bits per heavy atom. The molecular formula is C10H17NO. The molecule has 0 aromatic carbocycles. The molecule has 0 heterocycles. The fourth-order valence-electron chi connectivity index (χ4n) is 0.837. The van der Waals surface area contributed by atoms with E-state index in [1.807, 2.05) is 6.08 Å². The Morgan fingerprint density at radius 2 is 2.08 bits per heavy atom. The van der Waals surface area contributed by atoms with E-state index in [-0.39, 0.29) is 0 Å². The molecule has 12 heavy (non-hydrogen) atoms. The Kier molecular flexibility index (Phi) is 7.35. The maximum atomic E-state index is 10.2. The summed E-state index contributed by atoms with van der Waals surface area (Å²) in [5.41, 5.74) is 4.90. The maximum absolute atomic E-state index is 10.2. The van der Waals surface area contributed by atoms with Crippen molar-refractivity contribution in [3.05, 3.63) is 24.3 Å². The van der Waals surface area contributed by atoms with Crippen molar-refractivity contribution < 1.29 is 4.79 Å². The normalized spacial score (nSPS) is 11.4. The number of carbonyl (C=O) groups excluding carboxylic acids is 1. The fourth-order valence-corrected chi connectivity index (χ4v) is 0.837. The summed E-state index contributed by atoms with van der Waals surface area (Å²) in [5, 5.41) is 0. The van der Waals surface area contributed by atoms with Crippen molar-refractivity contribution >= 4 is 5.91 Å². The number of carbonyl (C=O) groups is 1. The highest BCUT2D eigenvalue weighted by Gasteiger charge is 1.80. The third-order valence-electron chi connectivity index (χ3n) is 1.48. The van der Waals surface area contributed by atoms with E-state index in [4.69, 9.17) is 5.73 Å². The van der Waals surface area contributed by atoms with E-state index < -0.39 is 5.91 Å². The molecule has 0 fully saturated rings. The van der Waals surface area contributed by atoms with Gasteiger partial charge in [0.2, 0.25) is 5.91 Å². The van der Waals surface area contributed by atoms with Gasteiger partial charge in [0.1, 0.15) is 0 Å². The van der Waals surface area contributed by atoms with E-state index in [0.29, 0.717) is 0 Å². The number of rotatable bonds is 6. The highest BCUT2D eigenvalue weighted by molar-refractivity contribution is 5.85. The molecule has 2 N–H and O–H groups in total. The van der Waals surface area contributed by atoms with Crippen LogP contribution in [-0.4, -0.2) is 5.91 Å². The first-order chi connectivity index (χ1) is 5.77. The SMILES string of the molecule is CCCCCC=CC=CC(N)=O. The number of unbranched alkanes of at least 4 members (excludes halogenated alkanes) is 3. The molecule has 68 valence electrons. The molecule has 2 heteroatoms. The van der Waals surface area contributed by atoms with Gasteiger partial charge in [0, 0.05) is 6.08 Å². The van der Waals surface area contributed by atoms with Crippen LogP contribution in [0.1, 0.15) is 32.6 Å². The van der Waals surface area contributed by atoms with Crippen molar-refractivity contribution in [1.82, 2.24) is 0 Å². The first-order valence-electron chi connectivity index (χ1n) is 4.40. The lowest BCUT2D eigenvalue weighted by Crippen LogP contribution is -2.04. The van der Waals surface area contributed by atoms with Crippen molar-refractivity contribution in [2.75, 3.05) is 0 Å². The van der Waals surface area contributed by atoms with E-state index >= 15 is 0 Å². The predicted molar refractivity (Wildman–Crippen MR) is 51.6 cm³/mol. The van der Waals surface area contributed by atoms with Crippen molar-refractivity contribution in [3.8, 4) is 0 Å². The summed E-state index contributed by atoms with van der Waals surface area (Å²) in [6.07, 6.45) is 11.8. The quantitative estimate of drug-likeness (QED) is 0.367. The number of allylic oxidation sites excluding steroid dienone is 3. The first kappa shape index (κ1) is 11.0. The summed E-state index contributed by atoms with van der Waals surface area (Å²) >= 11 is 0. The summed E-state index contributed by atoms with van der Waals surface area (Å²) in [5.74, 6) is -0.395. The van der Waals surface area contributed by atoms with Gasteiger partial charge >= 0.3 is 0 Å². The van der Waals surface area contributed by atoms with Gasteiger partial charge in [0.05, 0.1) is 0 Å². The molecule has 0 aromatic heterocycles. The molecular weight excluding hydrogens is 150 g/mol. The third kappa shape index (κ3) is 8.95. The Morgan fingerprint density at radius 3 is 2.67 bits per heavy atom. The summed E-state index contributed by atoms with van der Waals surface area (Å²) in [6, 6.07) is 0. The van der Waals surface area contributed by atoms with Gasteiger partial charge < -0.3 is 5.73 Å². The second-order valence-electron chi connectivity index (χ2n) is 2.69. The minimum Gasteiger partial charge on any atom is -0.366 e. The lowest BCUT2D eigenvalue weighted by Gasteiger charge is -1.89. The van der Waals surface area contributed by atoms with E-state index in [1.165, 1.54) is 25.3 Å². The van der Waals surface area contributed by atoms with Crippen molar-refractivity contribution in [2.24, 2.45) is 5.73 Å². The molecule has 0 bridgehead atoms. The molecule has 0 radical (unpaired) electrons. The van der Waals surface area contributed by atoms with Gasteiger partial charge in [-0.2, -0.15) is 0 Å². The van der Waals surface area contributed by atoms with Crippen LogP contribution in [-0.2, 0) is 4.79 Å². The summed E-state index contributed by atoms with van der Waals surface area (Å²) in [6.45, 7) is 2.18. The van der Waals surface area contributed by atoms with Gasteiger partial charge in [-0.05, 0) is 12.8 Å². The van der Waals surface area contributed by atoms with Gasteiger partial charge in [-0.3, -0.25) is 4.79 Å². The second kappa shape index (κ2) is 8.05. The van der Waals surface area contributed by atoms with Gasteiger partial charge in [-0.25, -0.2) is 0 Å². The zero-order valence-corrected chi connectivity index (χ0v) is 7.62. The zero-order valence-electron chi connectivity index (χ0n) is 7.62.